The average Bonchev–Trinajstić information content (AvgIpc) is 2.10. The largest absolute Gasteiger partial charge is 0.409 e. The monoisotopic (exact) mass is 188 g/mol. The van der Waals surface area contributed by atoms with Gasteiger partial charge in [-0.3, -0.25) is 4.79 Å². The van der Waals surface area contributed by atoms with E-state index in [9.17, 15) is 4.79 Å². The number of oxime groups is 1. The van der Waals surface area contributed by atoms with Crippen molar-refractivity contribution in [2.24, 2.45) is 10.9 Å². The maximum Gasteiger partial charge on any atom is 0.216 e. The van der Waals surface area contributed by atoms with Crippen LogP contribution in [0.5, 0.6) is 0 Å². The Morgan fingerprint density at radius 2 is 2.23 bits per heavy atom. The van der Waals surface area contributed by atoms with E-state index in [0.717, 1.165) is 0 Å². The molecule has 0 saturated heterocycles. The quantitative estimate of drug-likeness (QED) is 0.144. The van der Waals surface area contributed by atoms with Gasteiger partial charge in [-0.2, -0.15) is 0 Å². The standard InChI is InChI=1S/C7H16N4O2/c1-5(7(8)11-13)9-3-4-10-6(2)12/h5,9,13H,3-4H2,1-2H3,(H2,8,11)(H,10,12). The highest BCUT2D eigenvalue weighted by Crippen LogP contribution is 1.79. The smallest absolute Gasteiger partial charge is 0.216 e. The predicted octanol–water partition coefficient (Wildman–Crippen LogP) is -1.15. The highest BCUT2D eigenvalue weighted by Gasteiger charge is 2.04. The molecule has 0 saturated carbocycles. The van der Waals surface area contributed by atoms with Gasteiger partial charge in [-0.05, 0) is 6.92 Å². The molecular weight excluding hydrogens is 172 g/mol. The van der Waals surface area contributed by atoms with Crippen LogP contribution < -0.4 is 16.4 Å². The second-order valence-corrected chi connectivity index (χ2v) is 2.68. The first-order valence-corrected chi connectivity index (χ1v) is 4.03. The van der Waals surface area contributed by atoms with E-state index in [4.69, 9.17) is 10.9 Å². The van der Waals surface area contributed by atoms with Crippen molar-refractivity contribution in [1.82, 2.24) is 10.6 Å². The normalized spacial score (nSPS) is 13.8. The van der Waals surface area contributed by atoms with Crippen molar-refractivity contribution in [3.63, 3.8) is 0 Å². The second-order valence-electron chi connectivity index (χ2n) is 2.68. The van der Waals surface area contributed by atoms with Gasteiger partial charge in [0.25, 0.3) is 0 Å². The van der Waals surface area contributed by atoms with Crippen LogP contribution in [0.15, 0.2) is 5.16 Å². The fourth-order valence-corrected chi connectivity index (χ4v) is 0.718. The number of carbonyl (C=O) groups excluding carboxylic acids is 1. The van der Waals surface area contributed by atoms with E-state index < -0.39 is 0 Å². The van der Waals surface area contributed by atoms with Crippen molar-refractivity contribution in [2.45, 2.75) is 19.9 Å². The van der Waals surface area contributed by atoms with E-state index in [1.54, 1.807) is 6.92 Å². The summed E-state index contributed by atoms with van der Waals surface area (Å²) < 4.78 is 0. The Hall–Kier alpha value is -1.30. The number of nitrogens with zero attached hydrogens (tertiary/aromatic N) is 1. The van der Waals surface area contributed by atoms with Crippen LogP contribution in [0.25, 0.3) is 0 Å². The predicted molar refractivity (Wildman–Crippen MR) is 49.6 cm³/mol. The molecule has 0 aromatic rings. The summed E-state index contributed by atoms with van der Waals surface area (Å²) in [5, 5.41) is 16.7. The molecule has 6 heteroatoms. The van der Waals surface area contributed by atoms with Crippen molar-refractivity contribution in [2.75, 3.05) is 13.1 Å². The Kier molecular flexibility index (Phi) is 5.62. The Balaban J connectivity index is 3.48. The van der Waals surface area contributed by atoms with E-state index >= 15 is 0 Å². The lowest BCUT2D eigenvalue weighted by Crippen LogP contribution is -2.42. The number of nitrogens with two attached hydrogens (primary N) is 1. The van der Waals surface area contributed by atoms with Crippen LogP contribution in [0.2, 0.25) is 0 Å². The van der Waals surface area contributed by atoms with Crippen LogP contribution in [-0.2, 0) is 4.79 Å². The first-order chi connectivity index (χ1) is 6.07. The minimum atomic E-state index is -0.196. The third-order valence-corrected chi connectivity index (χ3v) is 1.51. The van der Waals surface area contributed by atoms with Crippen LogP contribution in [-0.4, -0.2) is 36.1 Å². The minimum Gasteiger partial charge on any atom is -0.409 e. The molecule has 0 aliphatic heterocycles. The molecule has 0 aromatic carbocycles. The van der Waals surface area contributed by atoms with Crippen molar-refractivity contribution in [1.29, 1.82) is 0 Å². The van der Waals surface area contributed by atoms with Crippen LogP contribution >= 0.6 is 0 Å². The molecule has 13 heavy (non-hydrogen) atoms. The highest BCUT2D eigenvalue weighted by atomic mass is 16.4. The molecule has 0 aromatic heterocycles. The van der Waals surface area contributed by atoms with Gasteiger partial charge in [-0.15, -0.1) is 0 Å². The molecule has 0 radical (unpaired) electrons. The first-order valence-electron chi connectivity index (χ1n) is 4.03. The Labute approximate surface area is 77.2 Å². The zero-order chi connectivity index (χ0) is 10.3. The van der Waals surface area contributed by atoms with Crippen molar-refractivity contribution in [3.05, 3.63) is 0 Å². The third kappa shape index (κ3) is 5.92. The molecule has 0 fully saturated rings. The van der Waals surface area contributed by atoms with Gasteiger partial charge in [0.15, 0.2) is 5.84 Å². The average molecular weight is 188 g/mol. The second kappa shape index (κ2) is 6.24. The summed E-state index contributed by atoms with van der Waals surface area (Å²) in [4.78, 5) is 10.5. The summed E-state index contributed by atoms with van der Waals surface area (Å²) in [7, 11) is 0. The number of rotatable bonds is 5. The number of hydrogen-bond acceptors (Lipinski definition) is 4. The molecule has 1 unspecified atom stereocenters. The molecule has 0 heterocycles. The van der Waals surface area contributed by atoms with Crippen molar-refractivity contribution in [3.8, 4) is 0 Å². The van der Waals surface area contributed by atoms with Gasteiger partial charge in [-0.25, -0.2) is 0 Å². The first kappa shape index (κ1) is 11.7. The summed E-state index contributed by atoms with van der Waals surface area (Å²) in [5.74, 6) is 0.0566. The molecule has 0 rings (SSSR count). The maximum absolute atomic E-state index is 10.5. The van der Waals surface area contributed by atoms with Crippen LogP contribution in [0.3, 0.4) is 0 Å². The molecule has 6 nitrogen and oxygen atoms in total. The number of hydrogen-bond donors (Lipinski definition) is 4. The summed E-state index contributed by atoms with van der Waals surface area (Å²) in [6.07, 6.45) is 0. The van der Waals surface area contributed by atoms with Crippen LogP contribution in [0.4, 0.5) is 0 Å². The van der Waals surface area contributed by atoms with Crippen molar-refractivity contribution < 1.29 is 10.0 Å². The third-order valence-electron chi connectivity index (χ3n) is 1.51. The van der Waals surface area contributed by atoms with Gasteiger partial charge in [0, 0.05) is 20.0 Å². The zero-order valence-corrected chi connectivity index (χ0v) is 7.87. The topological polar surface area (TPSA) is 99.7 Å². The molecule has 0 aliphatic rings. The zero-order valence-electron chi connectivity index (χ0n) is 7.87. The van der Waals surface area contributed by atoms with E-state index in [1.165, 1.54) is 6.92 Å². The fourth-order valence-electron chi connectivity index (χ4n) is 0.718. The molecule has 0 aliphatic carbocycles. The lowest BCUT2D eigenvalue weighted by molar-refractivity contribution is -0.118. The summed E-state index contributed by atoms with van der Waals surface area (Å²) >= 11 is 0. The van der Waals surface area contributed by atoms with Gasteiger partial charge in [-0.1, -0.05) is 5.16 Å². The van der Waals surface area contributed by atoms with E-state index in [2.05, 4.69) is 15.8 Å². The summed E-state index contributed by atoms with van der Waals surface area (Å²) in [6, 6.07) is -0.196. The van der Waals surface area contributed by atoms with Crippen LogP contribution in [0, 0.1) is 0 Å². The molecule has 76 valence electrons. The van der Waals surface area contributed by atoms with E-state index in [1.807, 2.05) is 0 Å². The number of amidine groups is 1. The molecule has 0 bridgehead atoms. The lowest BCUT2D eigenvalue weighted by Gasteiger charge is -2.11. The lowest BCUT2D eigenvalue weighted by atomic mass is 10.3. The summed E-state index contributed by atoms with van der Waals surface area (Å²) in [6.45, 7) is 4.32. The minimum absolute atomic E-state index is 0.0711. The van der Waals surface area contributed by atoms with E-state index in [-0.39, 0.29) is 17.8 Å². The van der Waals surface area contributed by atoms with Crippen LogP contribution in [0.1, 0.15) is 13.8 Å². The molecule has 5 N–H and O–H groups in total. The fraction of sp³-hybridized carbons (Fsp3) is 0.714. The van der Waals surface area contributed by atoms with Gasteiger partial charge in [0.1, 0.15) is 0 Å². The molecular formula is C7H16N4O2. The Morgan fingerprint density at radius 1 is 1.62 bits per heavy atom. The van der Waals surface area contributed by atoms with Gasteiger partial charge in [0.2, 0.25) is 5.91 Å². The van der Waals surface area contributed by atoms with Gasteiger partial charge < -0.3 is 21.6 Å². The Bertz CT molecular complexity index is 193. The van der Waals surface area contributed by atoms with E-state index in [0.29, 0.717) is 13.1 Å². The maximum atomic E-state index is 10.5. The number of amides is 1. The number of nitrogens with one attached hydrogen (secondary N) is 2. The van der Waals surface area contributed by atoms with Gasteiger partial charge >= 0.3 is 0 Å². The molecule has 1 atom stereocenters. The van der Waals surface area contributed by atoms with Gasteiger partial charge in [0.05, 0.1) is 6.04 Å². The Morgan fingerprint density at radius 3 is 2.69 bits per heavy atom. The SMILES string of the molecule is CC(=O)NCCNC(C)C(N)=NO. The molecule has 1 amide bonds. The highest BCUT2D eigenvalue weighted by molar-refractivity contribution is 5.84. The van der Waals surface area contributed by atoms with Crippen molar-refractivity contribution >= 4 is 11.7 Å². The number of carbonyl (C=O) groups is 1. The summed E-state index contributed by atoms with van der Waals surface area (Å²) in [5.41, 5.74) is 5.31. The molecule has 0 spiro atoms.